The number of ether oxygens (including phenoxy) is 1. The number of hydrogen-bond acceptors (Lipinski definition) is 2. The zero-order chi connectivity index (χ0) is 11.9. The molecule has 0 amide bonds. The van der Waals surface area contributed by atoms with Crippen LogP contribution >= 0.6 is 0 Å². The zero-order valence-corrected chi connectivity index (χ0v) is 10.3. The molecule has 0 aromatic heterocycles. The van der Waals surface area contributed by atoms with Crippen LogP contribution in [0, 0.1) is 5.41 Å². The molecule has 0 aliphatic carbocycles. The van der Waals surface area contributed by atoms with Gasteiger partial charge < -0.3 is 9.84 Å². The summed E-state index contributed by atoms with van der Waals surface area (Å²) in [5.74, 6) is 0. The van der Waals surface area contributed by atoms with Gasteiger partial charge in [-0.15, -0.1) is 0 Å². The van der Waals surface area contributed by atoms with Gasteiger partial charge in [0.25, 0.3) is 0 Å². The Morgan fingerprint density at radius 2 is 1.81 bits per heavy atom. The maximum Gasteiger partial charge on any atom is 0.0716 e. The number of benzene rings is 1. The predicted molar refractivity (Wildman–Crippen MR) is 66.2 cm³/mol. The molecule has 2 heteroatoms. The summed E-state index contributed by atoms with van der Waals surface area (Å²) in [5.41, 5.74) is 1.38. The molecule has 0 unspecified atom stereocenters. The van der Waals surface area contributed by atoms with Crippen LogP contribution in [-0.2, 0) is 11.3 Å². The molecule has 1 N–H and O–H groups in total. The van der Waals surface area contributed by atoms with E-state index in [0.717, 1.165) is 19.4 Å². The quantitative estimate of drug-likeness (QED) is 0.719. The first kappa shape index (κ1) is 13.2. The van der Waals surface area contributed by atoms with Crippen molar-refractivity contribution in [1.82, 2.24) is 0 Å². The molecular weight excluding hydrogens is 200 g/mol. The van der Waals surface area contributed by atoms with Crippen molar-refractivity contribution in [3.8, 4) is 0 Å². The minimum absolute atomic E-state index is 0.172. The molecule has 0 heterocycles. The van der Waals surface area contributed by atoms with E-state index in [1.807, 2.05) is 18.2 Å². The molecule has 0 radical (unpaired) electrons. The van der Waals surface area contributed by atoms with E-state index >= 15 is 0 Å². The summed E-state index contributed by atoms with van der Waals surface area (Å²) in [6, 6.07) is 10.2. The third kappa shape index (κ3) is 5.29. The number of rotatable bonds is 7. The average Bonchev–Trinajstić information content (AvgIpc) is 2.26. The predicted octanol–water partition coefficient (Wildman–Crippen LogP) is 3.00. The van der Waals surface area contributed by atoms with Crippen LogP contribution in [0.5, 0.6) is 0 Å². The molecule has 0 aliphatic rings. The van der Waals surface area contributed by atoms with E-state index in [9.17, 15) is 0 Å². The van der Waals surface area contributed by atoms with Gasteiger partial charge in [0, 0.05) is 13.2 Å². The molecule has 0 atom stereocenters. The molecule has 0 saturated carbocycles. The van der Waals surface area contributed by atoms with E-state index in [1.54, 1.807) is 0 Å². The summed E-state index contributed by atoms with van der Waals surface area (Å²) in [6.07, 6.45) is 1.82. The van der Waals surface area contributed by atoms with Gasteiger partial charge in [-0.3, -0.25) is 0 Å². The van der Waals surface area contributed by atoms with Crippen LogP contribution in [-0.4, -0.2) is 18.3 Å². The first-order chi connectivity index (χ1) is 7.64. The lowest BCUT2D eigenvalue weighted by Gasteiger charge is -2.23. The lowest BCUT2D eigenvalue weighted by Crippen LogP contribution is -2.16. The Labute approximate surface area is 98.3 Å². The number of aliphatic hydroxyl groups excluding tert-OH is 1. The molecule has 1 rings (SSSR count). The van der Waals surface area contributed by atoms with Crippen LogP contribution in [0.15, 0.2) is 30.3 Å². The molecule has 0 fully saturated rings. The second kappa shape index (κ2) is 6.66. The second-order valence-electron chi connectivity index (χ2n) is 4.93. The maximum absolute atomic E-state index is 8.90. The highest BCUT2D eigenvalue weighted by atomic mass is 16.5. The van der Waals surface area contributed by atoms with Crippen LogP contribution in [0.25, 0.3) is 0 Å². The minimum Gasteiger partial charge on any atom is -0.396 e. The first-order valence-corrected chi connectivity index (χ1v) is 5.86. The van der Waals surface area contributed by atoms with Crippen molar-refractivity contribution < 1.29 is 9.84 Å². The van der Waals surface area contributed by atoms with Crippen molar-refractivity contribution in [2.24, 2.45) is 5.41 Å². The summed E-state index contributed by atoms with van der Waals surface area (Å²) in [4.78, 5) is 0. The molecule has 0 aliphatic heterocycles. The van der Waals surface area contributed by atoms with Gasteiger partial charge in [0.1, 0.15) is 0 Å². The summed E-state index contributed by atoms with van der Waals surface area (Å²) < 4.78 is 5.62. The van der Waals surface area contributed by atoms with Gasteiger partial charge in [-0.05, 0) is 23.8 Å². The highest BCUT2D eigenvalue weighted by molar-refractivity contribution is 5.13. The molecule has 90 valence electrons. The van der Waals surface area contributed by atoms with Crippen LogP contribution in [0.1, 0.15) is 32.3 Å². The lowest BCUT2D eigenvalue weighted by atomic mass is 9.86. The molecule has 1 aromatic rings. The summed E-state index contributed by atoms with van der Waals surface area (Å²) in [6.45, 7) is 6.01. The normalized spacial score (nSPS) is 11.7. The Hall–Kier alpha value is -0.860. The van der Waals surface area contributed by atoms with E-state index in [1.165, 1.54) is 5.56 Å². The van der Waals surface area contributed by atoms with Gasteiger partial charge in [-0.1, -0.05) is 44.2 Å². The van der Waals surface area contributed by atoms with Crippen molar-refractivity contribution in [1.29, 1.82) is 0 Å². The van der Waals surface area contributed by atoms with Gasteiger partial charge in [0.2, 0.25) is 0 Å². The van der Waals surface area contributed by atoms with E-state index < -0.39 is 0 Å². The largest absolute Gasteiger partial charge is 0.396 e. The Morgan fingerprint density at radius 1 is 1.12 bits per heavy atom. The highest BCUT2D eigenvalue weighted by Gasteiger charge is 2.16. The molecule has 2 nitrogen and oxygen atoms in total. The SMILES string of the molecule is CC(C)(CCO)CCOCc1ccccc1. The Kier molecular flexibility index (Phi) is 5.50. The monoisotopic (exact) mass is 222 g/mol. The second-order valence-corrected chi connectivity index (χ2v) is 4.93. The fraction of sp³-hybridized carbons (Fsp3) is 0.571. The fourth-order valence-electron chi connectivity index (χ4n) is 1.54. The van der Waals surface area contributed by atoms with Gasteiger partial charge in [-0.2, -0.15) is 0 Å². The van der Waals surface area contributed by atoms with Gasteiger partial charge in [0.15, 0.2) is 0 Å². The van der Waals surface area contributed by atoms with Crippen molar-refractivity contribution in [2.45, 2.75) is 33.3 Å². The van der Waals surface area contributed by atoms with Crippen LogP contribution in [0.3, 0.4) is 0 Å². The van der Waals surface area contributed by atoms with Crippen molar-refractivity contribution in [3.05, 3.63) is 35.9 Å². The molecule has 0 spiro atoms. The molecule has 1 aromatic carbocycles. The van der Waals surface area contributed by atoms with E-state index in [-0.39, 0.29) is 12.0 Å². The van der Waals surface area contributed by atoms with E-state index in [4.69, 9.17) is 9.84 Å². The minimum atomic E-state index is 0.172. The maximum atomic E-state index is 8.90. The first-order valence-electron chi connectivity index (χ1n) is 5.86. The van der Waals surface area contributed by atoms with Crippen LogP contribution in [0.4, 0.5) is 0 Å². The Morgan fingerprint density at radius 3 is 2.44 bits per heavy atom. The average molecular weight is 222 g/mol. The summed E-state index contributed by atoms with van der Waals surface area (Å²) in [5, 5.41) is 8.90. The molecule has 0 bridgehead atoms. The number of aliphatic hydroxyl groups is 1. The Bertz CT molecular complexity index is 280. The Balaban J connectivity index is 2.17. The topological polar surface area (TPSA) is 29.5 Å². The summed E-state index contributed by atoms with van der Waals surface area (Å²) in [7, 11) is 0. The molecular formula is C14H22O2. The fourth-order valence-corrected chi connectivity index (χ4v) is 1.54. The zero-order valence-electron chi connectivity index (χ0n) is 10.3. The smallest absolute Gasteiger partial charge is 0.0716 e. The lowest BCUT2D eigenvalue weighted by molar-refractivity contribution is 0.0832. The van der Waals surface area contributed by atoms with Crippen molar-refractivity contribution in [2.75, 3.05) is 13.2 Å². The standard InChI is InChI=1S/C14H22O2/c1-14(2,8-10-15)9-11-16-12-13-6-4-3-5-7-13/h3-7,15H,8-12H2,1-2H3. The third-order valence-electron chi connectivity index (χ3n) is 2.82. The highest BCUT2D eigenvalue weighted by Crippen LogP contribution is 2.24. The van der Waals surface area contributed by atoms with Crippen LogP contribution < -0.4 is 0 Å². The van der Waals surface area contributed by atoms with Crippen LogP contribution in [0.2, 0.25) is 0 Å². The molecule has 16 heavy (non-hydrogen) atoms. The van der Waals surface area contributed by atoms with Gasteiger partial charge in [0.05, 0.1) is 6.61 Å². The van der Waals surface area contributed by atoms with Gasteiger partial charge >= 0.3 is 0 Å². The van der Waals surface area contributed by atoms with E-state index in [0.29, 0.717) is 6.61 Å². The third-order valence-corrected chi connectivity index (χ3v) is 2.82. The van der Waals surface area contributed by atoms with Crippen molar-refractivity contribution >= 4 is 0 Å². The summed E-state index contributed by atoms with van der Waals surface area (Å²) >= 11 is 0. The number of hydrogen-bond donors (Lipinski definition) is 1. The van der Waals surface area contributed by atoms with Crippen molar-refractivity contribution in [3.63, 3.8) is 0 Å². The van der Waals surface area contributed by atoms with Gasteiger partial charge in [-0.25, -0.2) is 0 Å². The molecule has 0 saturated heterocycles. The van der Waals surface area contributed by atoms with E-state index in [2.05, 4.69) is 26.0 Å².